The second-order valence-electron chi connectivity index (χ2n) is 8.05. The second kappa shape index (κ2) is 9.60. The van der Waals surface area contributed by atoms with Gasteiger partial charge < -0.3 is 20.7 Å². The molecule has 1 fully saturated rings. The Balaban J connectivity index is 1.65. The Morgan fingerprint density at radius 2 is 1.82 bits per heavy atom. The molecule has 0 spiro atoms. The maximum Gasteiger partial charge on any atom is 0.344 e. The molecule has 1 atom stereocenters. The molecule has 10 heteroatoms. The number of ether oxygens (including phenoxy) is 1. The predicted octanol–water partition coefficient (Wildman–Crippen LogP) is 2.01. The zero-order valence-electron chi connectivity index (χ0n) is 18.9. The van der Waals surface area contributed by atoms with Crippen molar-refractivity contribution in [1.29, 1.82) is 0 Å². The number of imide groups is 1. The molecular weight excluding hydrogens is 426 g/mol. The van der Waals surface area contributed by atoms with Crippen molar-refractivity contribution >= 4 is 23.9 Å². The monoisotopic (exact) mass is 453 g/mol. The van der Waals surface area contributed by atoms with Crippen LogP contribution in [0, 0.1) is 0 Å². The van der Waals surface area contributed by atoms with E-state index in [0.29, 0.717) is 16.3 Å². The fourth-order valence-electron chi connectivity index (χ4n) is 3.31. The van der Waals surface area contributed by atoms with Crippen LogP contribution in [0.15, 0.2) is 48.5 Å². The summed E-state index contributed by atoms with van der Waals surface area (Å²) in [5.74, 6) is -0.703. The summed E-state index contributed by atoms with van der Waals surface area (Å²) in [6.45, 7) is 5.56. The normalized spacial score (nSPS) is 17.5. The molecule has 0 bridgehead atoms. The Morgan fingerprint density at radius 1 is 1.12 bits per heavy atom. The molecule has 6 amide bonds. The van der Waals surface area contributed by atoms with Gasteiger partial charge in [0.2, 0.25) is 0 Å². The maximum absolute atomic E-state index is 13.0. The number of nitrogens with zero attached hydrogens (tertiary/aromatic N) is 1. The van der Waals surface area contributed by atoms with Crippen LogP contribution in [0.2, 0.25) is 0 Å². The summed E-state index contributed by atoms with van der Waals surface area (Å²) < 4.78 is 5.19. The number of benzene rings is 2. The van der Waals surface area contributed by atoms with Crippen LogP contribution >= 0.6 is 0 Å². The van der Waals surface area contributed by atoms with Gasteiger partial charge in [-0.05, 0) is 56.2 Å². The first-order chi connectivity index (χ1) is 15.6. The first-order valence-electron chi connectivity index (χ1n) is 10.4. The van der Waals surface area contributed by atoms with Crippen molar-refractivity contribution in [3.8, 4) is 5.75 Å². The van der Waals surface area contributed by atoms with Crippen LogP contribution in [0.5, 0.6) is 5.75 Å². The Morgan fingerprint density at radius 3 is 2.45 bits per heavy atom. The second-order valence-corrected chi connectivity index (χ2v) is 8.05. The highest BCUT2D eigenvalue weighted by molar-refractivity contribution is 6.09. The van der Waals surface area contributed by atoms with Crippen molar-refractivity contribution in [2.75, 3.05) is 7.11 Å². The van der Waals surface area contributed by atoms with Gasteiger partial charge in [-0.25, -0.2) is 9.59 Å². The Labute approximate surface area is 191 Å². The van der Waals surface area contributed by atoms with Crippen LogP contribution in [-0.4, -0.2) is 42.0 Å². The molecule has 1 heterocycles. The van der Waals surface area contributed by atoms with Crippen molar-refractivity contribution in [2.45, 2.75) is 38.9 Å². The summed E-state index contributed by atoms with van der Waals surface area (Å²) >= 11 is 0. The van der Waals surface area contributed by atoms with Gasteiger partial charge in [-0.1, -0.05) is 24.3 Å². The minimum atomic E-state index is -1.36. The molecular formula is C23H27N5O5. The number of amides is 6. The lowest BCUT2D eigenvalue weighted by molar-refractivity contribution is -0.132. The van der Waals surface area contributed by atoms with Crippen molar-refractivity contribution in [3.63, 3.8) is 0 Å². The average molecular weight is 453 g/mol. The number of nitrogens with one attached hydrogen (secondary N) is 4. The molecule has 1 aliphatic heterocycles. The van der Waals surface area contributed by atoms with E-state index < -0.39 is 23.4 Å². The number of hydrogen-bond donors (Lipinski definition) is 4. The lowest BCUT2D eigenvalue weighted by Gasteiger charge is -2.22. The molecule has 2 aromatic rings. The number of carbonyl (C=O) groups excluding carboxylic acids is 4. The van der Waals surface area contributed by atoms with Gasteiger partial charge in [-0.15, -0.1) is 0 Å². The van der Waals surface area contributed by atoms with E-state index in [1.807, 2.05) is 13.8 Å². The fraction of sp³-hybridized carbons (Fsp3) is 0.304. The van der Waals surface area contributed by atoms with E-state index in [0.717, 1.165) is 5.56 Å². The first kappa shape index (κ1) is 23.6. The highest BCUT2D eigenvalue weighted by Gasteiger charge is 2.50. The molecule has 0 saturated carbocycles. The first-order valence-corrected chi connectivity index (χ1v) is 10.4. The molecule has 0 aromatic heterocycles. The van der Waals surface area contributed by atoms with E-state index in [1.54, 1.807) is 55.5 Å². The van der Waals surface area contributed by atoms with Gasteiger partial charge in [0.05, 0.1) is 7.11 Å². The topological polar surface area (TPSA) is 129 Å². The zero-order chi connectivity index (χ0) is 24.2. The summed E-state index contributed by atoms with van der Waals surface area (Å²) in [5.41, 5.74) is 2.56. The van der Waals surface area contributed by atoms with E-state index in [9.17, 15) is 19.2 Å². The summed E-state index contributed by atoms with van der Waals surface area (Å²) in [7, 11) is 1.50. The van der Waals surface area contributed by atoms with Crippen LogP contribution in [0.25, 0.3) is 0 Å². The van der Waals surface area contributed by atoms with Gasteiger partial charge in [-0.2, -0.15) is 5.01 Å². The highest BCUT2D eigenvalue weighted by atomic mass is 16.5. The molecule has 33 heavy (non-hydrogen) atoms. The van der Waals surface area contributed by atoms with Gasteiger partial charge in [0.25, 0.3) is 11.8 Å². The zero-order valence-corrected chi connectivity index (χ0v) is 18.9. The highest BCUT2D eigenvalue weighted by Crippen LogP contribution is 2.30. The summed E-state index contributed by atoms with van der Waals surface area (Å²) in [6.07, 6.45) is 0. The predicted molar refractivity (Wildman–Crippen MR) is 120 cm³/mol. The third-order valence-electron chi connectivity index (χ3n) is 5.14. The van der Waals surface area contributed by atoms with E-state index in [4.69, 9.17) is 4.74 Å². The van der Waals surface area contributed by atoms with Crippen LogP contribution in [-0.2, 0) is 16.9 Å². The standard InChI is InChI=1S/C23H27N5O5/c1-14(2)25-21(31)24-13-15-8-10-16(11-9-15)19(29)27-28-20(30)23(3,26-22(28)32)17-6-5-7-18(12-17)33-4/h5-12,14H,13H2,1-4H3,(H,26,32)(H,27,29)(H2,24,25,31)/t23-/m0/s1. The lowest BCUT2D eigenvalue weighted by atomic mass is 9.92. The summed E-state index contributed by atoms with van der Waals surface area (Å²) in [4.78, 5) is 49.8. The molecule has 2 aromatic carbocycles. The van der Waals surface area contributed by atoms with Gasteiger partial charge >= 0.3 is 12.1 Å². The van der Waals surface area contributed by atoms with Crippen LogP contribution in [0.4, 0.5) is 9.59 Å². The minimum Gasteiger partial charge on any atom is -0.497 e. The van der Waals surface area contributed by atoms with E-state index in [1.165, 1.54) is 7.11 Å². The number of hydrazine groups is 1. The maximum atomic E-state index is 13.0. The molecule has 1 saturated heterocycles. The minimum absolute atomic E-state index is 0.0207. The lowest BCUT2D eigenvalue weighted by Crippen LogP contribution is -2.47. The molecule has 174 valence electrons. The number of urea groups is 2. The van der Waals surface area contributed by atoms with E-state index >= 15 is 0 Å². The quantitative estimate of drug-likeness (QED) is 0.477. The van der Waals surface area contributed by atoms with Gasteiger partial charge in [0.1, 0.15) is 11.3 Å². The number of carbonyl (C=O) groups is 4. The third-order valence-corrected chi connectivity index (χ3v) is 5.14. The Bertz CT molecular complexity index is 1070. The van der Waals surface area contributed by atoms with Crippen molar-refractivity contribution in [1.82, 2.24) is 26.4 Å². The largest absolute Gasteiger partial charge is 0.497 e. The Hall–Kier alpha value is -4.08. The van der Waals surface area contributed by atoms with E-state index in [2.05, 4.69) is 21.4 Å². The molecule has 1 aliphatic rings. The van der Waals surface area contributed by atoms with Crippen molar-refractivity contribution in [3.05, 3.63) is 65.2 Å². The van der Waals surface area contributed by atoms with Crippen LogP contribution < -0.4 is 26.1 Å². The van der Waals surface area contributed by atoms with Gasteiger partial charge in [-0.3, -0.25) is 15.0 Å². The fourth-order valence-corrected chi connectivity index (χ4v) is 3.31. The molecule has 3 rings (SSSR count). The Kier molecular flexibility index (Phi) is 6.86. The van der Waals surface area contributed by atoms with Crippen LogP contribution in [0.3, 0.4) is 0 Å². The molecule has 0 unspecified atom stereocenters. The smallest absolute Gasteiger partial charge is 0.344 e. The van der Waals surface area contributed by atoms with Gasteiger partial charge in [0.15, 0.2) is 0 Å². The van der Waals surface area contributed by atoms with Crippen molar-refractivity contribution in [2.24, 2.45) is 0 Å². The third kappa shape index (κ3) is 5.22. The number of methoxy groups -OCH3 is 1. The van der Waals surface area contributed by atoms with E-state index in [-0.39, 0.29) is 24.2 Å². The summed E-state index contributed by atoms with van der Waals surface area (Å²) in [5, 5.41) is 8.74. The molecule has 0 radical (unpaired) electrons. The average Bonchev–Trinajstić information content (AvgIpc) is 3.01. The molecule has 4 N–H and O–H groups in total. The number of rotatable bonds is 7. The van der Waals surface area contributed by atoms with Crippen LogP contribution in [0.1, 0.15) is 42.3 Å². The summed E-state index contributed by atoms with van der Waals surface area (Å²) in [6, 6.07) is 12.2. The van der Waals surface area contributed by atoms with Crippen molar-refractivity contribution < 1.29 is 23.9 Å². The number of hydrogen-bond acceptors (Lipinski definition) is 5. The molecule has 0 aliphatic carbocycles. The molecule has 10 nitrogen and oxygen atoms in total. The SMILES string of the molecule is COc1cccc([C@]2(C)NC(=O)N(NC(=O)c3ccc(CNC(=O)NC(C)C)cc3)C2=O)c1. The van der Waals surface area contributed by atoms with Gasteiger partial charge in [0, 0.05) is 18.2 Å².